The second-order valence-corrected chi connectivity index (χ2v) is 16.1. The minimum Gasteiger partial charge on any atom is -0.460 e. The summed E-state index contributed by atoms with van der Waals surface area (Å²) in [6.45, 7) is 9.36. The molecule has 0 bridgehead atoms. The lowest BCUT2D eigenvalue weighted by molar-refractivity contribution is -0.190. The standard InChI is InChI=1S/C42H61NO9/c1-6-8-10-21-42(22-11-9-7-2)50-36-26-31(39(46)43-32(27-44)18-20-37(45)51-41(3,4)5)25-35(38(36)52-42)49-40(47)30-14-12-13-28(23-30)15-16-29-17-19-33-34(24-29)48-33/h12-16,23,26,29,32-36,38,44H,6-11,17-22,24-25,27H2,1-5H3,(H,43,46)/t29?,32-,33?,34?,35+,36+,38-/m0/s1. The number of esters is 2. The summed E-state index contributed by atoms with van der Waals surface area (Å²) in [7, 11) is 0. The van der Waals surface area contributed by atoms with Gasteiger partial charge in [0.15, 0.2) is 5.79 Å². The predicted octanol–water partition coefficient (Wildman–Crippen LogP) is 7.36. The molecule has 7 atom stereocenters. The molecule has 1 aromatic carbocycles. The summed E-state index contributed by atoms with van der Waals surface area (Å²) in [4.78, 5) is 39.8. The lowest BCUT2D eigenvalue weighted by Gasteiger charge is -2.31. The molecule has 1 saturated carbocycles. The van der Waals surface area contributed by atoms with Crippen LogP contribution in [0.15, 0.2) is 42.0 Å². The van der Waals surface area contributed by atoms with Crippen molar-refractivity contribution < 1.29 is 43.2 Å². The van der Waals surface area contributed by atoms with Crippen LogP contribution in [-0.2, 0) is 33.3 Å². The third kappa shape index (κ3) is 11.5. The molecule has 0 spiro atoms. The number of ether oxygens (including phenoxy) is 5. The Labute approximate surface area is 310 Å². The molecule has 2 N–H and O–H groups in total. The van der Waals surface area contributed by atoms with Crippen LogP contribution in [-0.4, -0.2) is 77.5 Å². The van der Waals surface area contributed by atoms with Gasteiger partial charge in [-0.3, -0.25) is 9.59 Å². The molecule has 2 aliphatic heterocycles. The van der Waals surface area contributed by atoms with E-state index in [1.54, 1.807) is 32.9 Å². The summed E-state index contributed by atoms with van der Waals surface area (Å²) in [6.07, 6.45) is 16.2. The third-order valence-corrected chi connectivity index (χ3v) is 10.5. The maximum absolute atomic E-state index is 13.8. The first-order valence-electron chi connectivity index (χ1n) is 19.8. The molecule has 1 aromatic rings. The highest BCUT2D eigenvalue weighted by atomic mass is 16.8. The number of rotatable bonds is 18. The Morgan fingerprint density at radius 3 is 2.46 bits per heavy atom. The van der Waals surface area contributed by atoms with E-state index < -0.39 is 53.6 Å². The van der Waals surface area contributed by atoms with Crippen molar-refractivity contribution in [2.24, 2.45) is 5.92 Å². The number of aliphatic hydroxyl groups excluding tert-OH is 1. The topological polar surface area (TPSA) is 133 Å². The molecule has 2 aliphatic carbocycles. The number of epoxide rings is 1. The molecule has 2 saturated heterocycles. The van der Waals surface area contributed by atoms with Crippen molar-refractivity contribution in [1.29, 1.82) is 0 Å². The quantitative estimate of drug-likeness (QED) is 0.0906. The van der Waals surface area contributed by atoms with Gasteiger partial charge in [-0.05, 0) is 89.0 Å². The molecule has 0 radical (unpaired) electrons. The van der Waals surface area contributed by atoms with Crippen molar-refractivity contribution in [3.05, 3.63) is 53.1 Å². The van der Waals surface area contributed by atoms with Crippen LogP contribution in [0, 0.1) is 5.92 Å². The smallest absolute Gasteiger partial charge is 0.338 e. The normalized spacial score (nSPS) is 26.9. The fourth-order valence-electron chi connectivity index (χ4n) is 7.60. The minimum atomic E-state index is -0.830. The number of benzene rings is 1. The SMILES string of the molecule is CCCCCC1(CCCCC)O[C@@H]2[C@@H](C=C(C(=O)N[C@H](CO)CCC(=O)OC(C)(C)C)C[C@H]2OC(=O)c2cccc(C=CC3CCC4OC4C3)c2)O1. The summed E-state index contributed by atoms with van der Waals surface area (Å²) in [6, 6.07) is 6.75. The molecule has 10 nitrogen and oxygen atoms in total. The van der Waals surface area contributed by atoms with Gasteiger partial charge in [-0.25, -0.2) is 4.79 Å². The Morgan fingerprint density at radius 1 is 1.04 bits per heavy atom. The molecule has 3 fully saturated rings. The number of nitrogens with one attached hydrogen (secondary N) is 1. The molecular weight excluding hydrogens is 662 g/mol. The van der Waals surface area contributed by atoms with Crippen LogP contribution in [0.2, 0.25) is 0 Å². The second kappa shape index (κ2) is 18.3. The van der Waals surface area contributed by atoms with Gasteiger partial charge >= 0.3 is 11.9 Å². The van der Waals surface area contributed by atoms with Gasteiger partial charge in [-0.15, -0.1) is 0 Å². The zero-order valence-electron chi connectivity index (χ0n) is 31.9. The molecule has 1 amide bonds. The Kier molecular flexibility index (Phi) is 14.1. The Balaban J connectivity index is 1.31. The first-order valence-corrected chi connectivity index (χ1v) is 19.8. The Hall–Kier alpha value is -3.05. The van der Waals surface area contributed by atoms with Crippen LogP contribution < -0.4 is 5.32 Å². The molecule has 288 valence electrons. The first kappa shape index (κ1) is 40.1. The lowest BCUT2D eigenvalue weighted by atomic mass is 9.88. The number of fused-ring (bicyclic) bond motifs is 2. The number of hydrogen-bond donors (Lipinski definition) is 2. The highest BCUT2D eigenvalue weighted by Gasteiger charge is 2.52. The highest BCUT2D eigenvalue weighted by molar-refractivity contribution is 5.94. The maximum atomic E-state index is 13.8. The summed E-state index contributed by atoms with van der Waals surface area (Å²) < 4.78 is 30.8. The van der Waals surface area contributed by atoms with E-state index in [2.05, 4.69) is 31.3 Å². The van der Waals surface area contributed by atoms with Crippen LogP contribution in [0.5, 0.6) is 0 Å². The zero-order valence-corrected chi connectivity index (χ0v) is 31.9. The van der Waals surface area contributed by atoms with Crippen LogP contribution in [0.1, 0.15) is 140 Å². The van der Waals surface area contributed by atoms with Crippen LogP contribution >= 0.6 is 0 Å². The summed E-state index contributed by atoms with van der Waals surface area (Å²) in [5.74, 6) is -1.66. The van der Waals surface area contributed by atoms with Gasteiger partial charge in [0.25, 0.3) is 0 Å². The number of unbranched alkanes of at least 4 members (excludes halogenated alkanes) is 4. The summed E-state index contributed by atoms with van der Waals surface area (Å²) in [5.41, 5.74) is 1.11. The predicted molar refractivity (Wildman–Crippen MR) is 198 cm³/mol. The number of hydrogen-bond acceptors (Lipinski definition) is 9. The van der Waals surface area contributed by atoms with E-state index in [0.717, 1.165) is 63.4 Å². The number of aliphatic hydroxyl groups is 1. The number of allylic oxidation sites excluding steroid dienone is 1. The third-order valence-electron chi connectivity index (χ3n) is 10.5. The average Bonchev–Trinajstić information content (AvgIpc) is 3.79. The van der Waals surface area contributed by atoms with Crippen molar-refractivity contribution >= 4 is 23.9 Å². The fourth-order valence-corrected chi connectivity index (χ4v) is 7.60. The fraction of sp³-hybridized carbons (Fsp3) is 0.690. The number of carbonyl (C=O) groups is 3. The summed E-state index contributed by atoms with van der Waals surface area (Å²) >= 11 is 0. The lowest BCUT2D eigenvalue weighted by Crippen LogP contribution is -2.45. The van der Waals surface area contributed by atoms with E-state index in [-0.39, 0.29) is 25.9 Å². The second-order valence-electron chi connectivity index (χ2n) is 16.1. The van der Waals surface area contributed by atoms with E-state index in [1.165, 1.54) is 0 Å². The molecule has 5 rings (SSSR count). The molecule has 2 heterocycles. The summed E-state index contributed by atoms with van der Waals surface area (Å²) in [5, 5.41) is 13.0. The van der Waals surface area contributed by atoms with E-state index >= 15 is 0 Å². The first-order chi connectivity index (χ1) is 24.9. The monoisotopic (exact) mass is 723 g/mol. The highest BCUT2D eigenvalue weighted by Crippen LogP contribution is 2.43. The van der Waals surface area contributed by atoms with Gasteiger partial charge in [-0.2, -0.15) is 0 Å². The van der Waals surface area contributed by atoms with E-state index in [4.69, 9.17) is 23.7 Å². The van der Waals surface area contributed by atoms with Gasteiger partial charge in [-0.1, -0.05) is 63.8 Å². The molecule has 10 heteroatoms. The minimum absolute atomic E-state index is 0.0477. The maximum Gasteiger partial charge on any atom is 0.338 e. The molecule has 4 aliphatic rings. The molecule has 52 heavy (non-hydrogen) atoms. The van der Waals surface area contributed by atoms with E-state index in [1.807, 2.05) is 18.2 Å². The van der Waals surface area contributed by atoms with E-state index in [9.17, 15) is 19.5 Å². The van der Waals surface area contributed by atoms with Crippen molar-refractivity contribution in [2.45, 2.75) is 172 Å². The van der Waals surface area contributed by atoms with Gasteiger partial charge < -0.3 is 34.1 Å². The average molecular weight is 724 g/mol. The number of amides is 1. The molecule has 0 aromatic heterocycles. The van der Waals surface area contributed by atoms with Crippen molar-refractivity contribution in [2.75, 3.05) is 6.61 Å². The van der Waals surface area contributed by atoms with Crippen LogP contribution in [0.4, 0.5) is 0 Å². The van der Waals surface area contributed by atoms with Gasteiger partial charge in [0.1, 0.15) is 23.9 Å². The van der Waals surface area contributed by atoms with Crippen molar-refractivity contribution in [1.82, 2.24) is 5.32 Å². The van der Waals surface area contributed by atoms with Crippen LogP contribution in [0.3, 0.4) is 0 Å². The molecule has 3 unspecified atom stereocenters. The Bertz CT molecular complexity index is 1420. The largest absolute Gasteiger partial charge is 0.460 e. The van der Waals surface area contributed by atoms with Crippen LogP contribution in [0.25, 0.3) is 6.08 Å². The van der Waals surface area contributed by atoms with Gasteiger partial charge in [0, 0.05) is 31.3 Å². The van der Waals surface area contributed by atoms with Crippen molar-refractivity contribution in [3.63, 3.8) is 0 Å². The Morgan fingerprint density at radius 2 is 1.79 bits per heavy atom. The van der Waals surface area contributed by atoms with Gasteiger partial charge in [0.05, 0.1) is 30.4 Å². The zero-order chi connectivity index (χ0) is 37.3. The van der Waals surface area contributed by atoms with E-state index in [0.29, 0.717) is 42.1 Å². The van der Waals surface area contributed by atoms with Gasteiger partial charge in [0.2, 0.25) is 5.91 Å². The van der Waals surface area contributed by atoms with Crippen molar-refractivity contribution in [3.8, 4) is 0 Å². The number of carbonyl (C=O) groups excluding carboxylic acids is 3. The molecular formula is C42H61NO9.